The summed E-state index contributed by atoms with van der Waals surface area (Å²) in [7, 11) is 1.44. The van der Waals surface area contributed by atoms with E-state index in [1.54, 1.807) is 0 Å². The van der Waals surface area contributed by atoms with E-state index in [9.17, 15) is 0 Å². The molecule has 4 heteroatoms. The zero-order valence-corrected chi connectivity index (χ0v) is 7.46. The van der Waals surface area contributed by atoms with Gasteiger partial charge in [-0.1, -0.05) is 8.80 Å². The summed E-state index contributed by atoms with van der Waals surface area (Å²) in [6, 6.07) is 0. The molecule has 0 heterocycles. The molecule has 0 amide bonds. The zero-order chi connectivity index (χ0) is 2.00. The molecular formula is H7AlCaFeSi. The van der Waals surface area contributed by atoms with Crippen LogP contribution in [0.4, 0.5) is 0 Å². The average Bonchev–Trinajstić information content (AvgIpc) is 1.00. The van der Waals surface area contributed by atoms with Crippen molar-refractivity contribution in [3.8, 4) is 0 Å². The van der Waals surface area contributed by atoms with Gasteiger partial charge in [0, 0.05) is 17.1 Å². The molecule has 0 unspecified atom stereocenters. The van der Waals surface area contributed by atoms with Gasteiger partial charge >= 0.3 is 37.7 Å². The first-order chi connectivity index (χ1) is 1.00. The third-order valence-electron chi connectivity index (χ3n) is 0. The third-order valence-corrected chi connectivity index (χ3v) is 0. The molecule has 0 aromatic carbocycles. The predicted octanol–water partition coefficient (Wildman–Crippen LogP) is -3.02. The second-order valence-corrected chi connectivity index (χ2v) is 0. The summed E-state index contributed by atoms with van der Waals surface area (Å²) >= 11 is 1.44. The first-order valence-electron chi connectivity index (χ1n) is 1.00. The normalized spacial score (nSPS) is 2.00. The molecule has 0 fully saturated rings. The molecule has 0 radical (unpaired) electrons. The number of rotatable bonds is 0. The SMILES string of the molecule is [AlH2][SiH3].[CaH2].[Fe]. The van der Waals surface area contributed by atoms with E-state index in [2.05, 4.69) is 0 Å². The van der Waals surface area contributed by atoms with Crippen molar-refractivity contribution in [2.75, 3.05) is 0 Å². The average molecular weight is 158 g/mol. The van der Waals surface area contributed by atoms with E-state index < -0.39 is 0 Å². The Balaban J connectivity index is -0.00000000500. The Kier molecular flexibility index (Phi) is 71.1. The standard InChI is InChI=1S/Al.Ca.Fe.H3Si.4H/h;;;1H3;;;;. The first-order valence-corrected chi connectivity index (χ1v) is 9.00. The van der Waals surface area contributed by atoms with E-state index in [-0.39, 0.29) is 54.8 Å². The van der Waals surface area contributed by atoms with Crippen LogP contribution in [0.2, 0.25) is 0 Å². The minimum Gasteiger partial charge on any atom is 0 e. The van der Waals surface area contributed by atoms with Crippen molar-refractivity contribution in [1.82, 2.24) is 0 Å². The zero-order valence-electron chi connectivity index (χ0n) is 2.35. The molecule has 0 aliphatic rings. The van der Waals surface area contributed by atoms with Gasteiger partial charge in [-0.25, -0.2) is 0 Å². The Labute approximate surface area is 77.8 Å². The number of hydrogen-bond acceptors (Lipinski definition) is 0. The van der Waals surface area contributed by atoms with Gasteiger partial charge in [-0.2, -0.15) is 0 Å². The molecule has 0 aromatic rings. The van der Waals surface area contributed by atoms with E-state index in [1.807, 2.05) is 0 Å². The van der Waals surface area contributed by atoms with Crippen molar-refractivity contribution in [2.45, 2.75) is 0 Å². The maximum atomic E-state index is 1.44. The third kappa shape index (κ3) is 8.82. The van der Waals surface area contributed by atoms with Gasteiger partial charge in [-0.05, 0) is 0 Å². The van der Waals surface area contributed by atoms with Crippen LogP contribution >= 0.6 is 0 Å². The summed E-state index contributed by atoms with van der Waals surface area (Å²) in [5.74, 6) is 0. The van der Waals surface area contributed by atoms with Gasteiger partial charge in [0.1, 0.15) is 0 Å². The molecule has 0 nitrogen and oxygen atoms in total. The second-order valence-electron chi connectivity index (χ2n) is 0. The summed E-state index contributed by atoms with van der Waals surface area (Å²) < 4.78 is 0. The van der Waals surface area contributed by atoms with Crippen LogP contribution in [-0.4, -0.2) is 62.2 Å². The van der Waals surface area contributed by atoms with Crippen molar-refractivity contribution < 1.29 is 17.1 Å². The van der Waals surface area contributed by atoms with Crippen molar-refractivity contribution in [3.05, 3.63) is 0 Å². The summed E-state index contributed by atoms with van der Waals surface area (Å²) in [6.07, 6.45) is 0. The van der Waals surface area contributed by atoms with Crippen LogP contribution in [0.3, 0.4) is 0 Å². The van der Waals surface area contributed by atoms with Crippen LogP contribution in [0.5, 0.6) is 0 Å². The van der Waals surface area contributed by atoms with Crippen LogP contribution < -0.4 is 0 Å². The Morgan fingerprint density at radius 1 is 1.25 bits per heavy atom. The molecule has 0 N–H and O–H groups in total. The maximum absolute atomic E-state index is 1.44. The summed E-state index contributed by atoms with van der Waals surface area (Å²) in [5, 5.41) is 0. The summed E-state index contributed by atoms with van der Waals surface area (Å²) in [6.45, 7) is 0. The largest absolute Gasteiger partial charge is 0 e. The summed E-state index contributed by atoms with van der Waals surface area (Å²) in [5.41, 5.74) is 0. The van der Waals surface area contributed by atoms with Gasteiger partial charge in [0.2, 0.25) is 0 Å². The van der Waals surface area contributed by atoms with Crippen molar-refractivity contribution >= 4 is 62.2 Å². The minimum absolute atomic E-state index is 0. The Bertz CT molecular complexity index is 8.00. The Hall–Kier alpha value is 2.53. The molecule has 0 bridgehead atoms. The van der Waals surface area contributed by atoms with Gasteiger partial charge in [0.15, 0.2) is 15.6 Å². The molecule has 4 heavy (non-hydrogen) atoms. The van der Waals surface area contributed by atoms with E-state index >= 15 is 0 Å². The smallest absolute Gasteiger partial charge is 0 e. The number of hydrogen-bond donors (Lipinski definition) is 0. The van der Waals surface area contributed by atoms with Crippen LogP contribution in [0.15, 0.2) is 0 Å². The first kappa shape index (κ1) is 16.0. The molecule has 0 saturated heterocycles. The molecule has 0 aliphatic heterocycles. The van der Waals surface area contributed by atoms with Crippen LogP contribution in [0.1, 0.15) is 0 Å². The monoisotopic (exact) mass is 158 g/mol. The van der Waals surface area contributed by atoms with Crippen molar-refractivity contribution in [2.24, 2.45) is 0 Å². The molecule has 24 valence electrons. The Morgan fingerprint density at radius 3 is 1.25 bits per heavy atom. The van der Waals surface area contributed by atoms with Gasteiger partial charge < -0.3 is 0 Å². The van der Waals surface area contributed by atoms with E-state index in [0.717, 1.165) is 0 Å². The van der Waals surface area contributed by atoms with Gasteiger partial charge in [-0.15, -0.1) is 0 Å². The van der Waals surface area contributed by atoms with Crippen molar-refractivity contribution in [3.63, 3.8) is 0 Å². The van der Waals surface area contributed by atoms with Gasteiger partial charge in [0.05, 0.1) is 0 Å². The molecular weight excluding hydrogens is 151 g/mol. The van der Waals surface area contributed by atoms with Gasteiger partial charge in [0.25, 0.3) is 0 Å². The molecule has 0 atom stereocenters. The second kappa shape index (κ2) is 17.7. The topological polar surface area (TPSA) is 0 Å². The molecule has 0 spiro atoms. The molecule has 0 saturated carbocycles. The Morgan fingerprint density at radius 2 is 1.25 bits per heavy atom. The van der Waals surface area contributed by atoms with Crippen LogP contribution in [0, 0.1) is 0 Å². The van der Waals surface area contributed by atoms with Crippen LogP contribution in [0.25, 0.3) is 0 Å². The fraction of sp³-hybridized carbons (Fsp3) is 0. The van der Waals surface area contributed by atoms with Crippen LogP contribution in [-0.2, 0) is 17.1 Å². The minimum atomic E-state index is 0. The van der Waals surface area contributed by atoms with E-state index in [4.69, 9.17) is 0 Å². The van der Waals surface area contributed by atoms with E-state index in [0.29, 0.717) is 0 Å². The quantitative estimate of drug-likeness (QED) is 0.329. The van der Waals surface area contributed by atoms with E-state index in [1.165, 1.54) is 24.4 Å². The molecule has 0 rings (SSSR count). The summed E-state index contributed by atoms with van der Waals surface area (Å²) in [4.78, 5) is 0. The maximum Gasteiger partial charge on any atom is 0 e. The molecule has 0 aliphatic carbocycles. The fourth-order valence-corrected chi connectivity index (χ4v) is 0. The molecule has 0 aromatic heterocycles. The van der Waals surface area contributed by atoms with Gasteiger partial charge in [-0.3, -0.25) is 0 Å². The fourth-order valence-electron chi connectivity index (χ4n) is 0. The van der Waals surface area contributed by atoms with Crippen molar-refractivity contribution in [1.29, 1.82) is 0 Å². The predicted molar refractivity (Wildman–Crippen MR) is 27.0 cm³/mol.